The first-order valence-corrected chi connectivity index (χ1v) is 8.72. The minimum Gasteiger partial charge on any atom is -0.497 e. The lowest BCUT2D eigenvalue weighted by molar-refractivity contribution is 0.208. The van der Waals surface area contributed by atoms with E-state index in [1.165, 1.54) is 0 Å². The molecule has 0 atom stereocenters. The highest BCUT2D eigenvalue weighted by molar-refractivity contribution is 6.42. The van der Waals surface area contributed by atoms with Crippen molar-refractivity contribution in [2.24, 2.45) is 0 Å². The number of carbonyl (C=O) groups is 1. The lowest BCUT2D eigenvalue weighted by Gasteiger charge is -2.36. The van der Waals surface area contributed by atoms with Crippen molar-refractivity contribution in [2.45, 2.75) is 0 Å². The van der Waals surface area contributed by atoms with E-state index in [1.807, 2.05) is 36.4 Å². The normalized spacial score (nSPS) is 14.4. The molecule has 1 aliphatic heterocycles. The Kier molecular flexibility index (Phi) is 5.56. The number of nitrogens with zero attached hydrogens (tertiary/aromatic N) is 2. The number of urea groups is 1. The highest BCUT2D eigenvalue weighted by atomic mass is 35.5. The molecule has 0 radical (unpaired) electrons. The van der Waals surface area contributed by atoms with E-state index < -0.39 is 0 Å². The van der Waals surface area contributed by atoms with E-state index >= 15 is 0 Å². The molecular formula is C18H19Cl2N3O2. The van der Waals surface area contributed by atoms with Gasteiger partial charge in [-0.1, -0.05) is 23.2 Å². The Labute approximate surface area is 157 Å². The molecule has 0 aromatic heterocycles. The highest BCUT2D eigenvalue weighted by Gasteiger charge is 2.21. The molecule has 5 nitrogen and oxygen atoms in total. The first-order chi connectivity index (χ1) is 12.1. The summed E-state index contributed by atoms with van der Waals surface area (Å²) in [5.74, 6) is 0.758. The Bertz CT molecular complexity index is 744. The van der Waals surface area contributed by atoms with Gasteiger partial charge in [0.05, 0.1) is 17.2 Å². The largest absolute Gasteiger partial charge is 0.497 e. The Morgan fingerprint density at radius 3 is 2.28 bits per heavy atom. The summed E-state index contributed by atoms with van der Waals surface area (Å²) in [4.78, 5) is 16.4. The molecule has 0 spiro atoms. The summed E-state index contributed by atoms with van der Waals surface area (Å²) in [6.45, 7) is 2.77. The van der Waals surface area contributed by atoms with Gasteiger partial charge in [0.2, 0.25) is 0 Å². The lowest BCUT2D eigenvalue weighted by Crippen LogP contribution is -2.50. The van der Waals surface area contributed by atoms with Crippen molar-refractivity contribution in [1.82, 2.24) is 4.90 Å². The van der Waals surface area contributed by atoms with Gasteiger partial charge in [-0.05, 0) is 42.5 Å². The summed E-state index contributed by atoms with van der Waals surface area (Å²) in [6, 6.07) is 12.8. The molecule has 0 aliphatic carbocycles. The lowest BCUT2D eigenvalue weighted by atomic mass is 10.2. The second-order valence-corrected chi connectivity index (χ2v) is 6.55. The molecule has 3 rings (SSSR count). The summed E-state index contributed by atoms with van der Waals surface area (Å²) in [7, 11) is 1.61. The Morgan fingerprint density at radius 1 is 1.00 bits per heavy atom. The standard InChI is InChI=1S/C18H19Cl2N3O2/c1-25-15-5-2-13(3-6-15)21-18(24)23-10-8-22(9-11-23)14-4-7-16(19)17(20)12-14/h2-7,12H,8-11H2,1H3,(H,21,24). The van der Waals surface area contributed by atoms with E-state index in [1.54, 1.807) is 18.1 Å². The van der Waals surface area contributed by atoms with Crippen LogP contribution in [0.1, 0.15) is 0 Å². The average molecular weight is 380 g/mol. The first kappa shape index (κ1) is 17.7. The topological polar surface area (TPSA) is 44.8 Å². The van der Waals surface area contributed by atoms with Crippen molar-refractivity contribution in [3.8, 4) is 5.75 Å². The van der Waals surface area contributed by atoms with Crippen LogP contribution in [0.4, 0.5) is 16.2 Å². The second kappa shape index (κ2) is 7.85. The zero-order valence-electron chi connectivity index (χ0n) is 13.8. The number of benzene rings is 2. The number of hydrogen-bond donors (Lipinski definition) is 1. The molecule has 0 unspecified atom stereocenters. The van der Waals surface area contributed by atoms with Crippen LogP contribution >= 0.6 is 23.2 Å². The molecule has 0 bridgehead atoms. The van der Waals surface area contributed by atoms with Crippen LogP contribution in [0.25, 0.3) is 0 Å². The zero-order chi connectivity index (χ0) is 17.8. The first-order valence-electron chi connectivity index (χ1n) is 7.97. The maximum Gasteiger partial charge on any atom is 0.321 e. The maximum absolute atomic E-state index is 12.4. The summed E-state index contributed by atoms with van der Waals surface area (Å²) in [6.07, 6.45) is 0. The van der Waals surface area contributed by atoms with E-state index in [9.17, 15) is 4.79 Å². The molecule has 1 heterocycles. The monoisotopic (exact) mass is 379 g/mol. The predicted molar refractivity (Wildman–Crippen MR) is 102 cm³/mol. The molecule has 25 heavy (non-hydrogen) atoms. The molecule has 2 amide bonds. The van der Waals surface area contributed by atoms with Gasteiger partial charge in [-0.15, -0.1) is 0 Å². The van der Waals surface area contributed by atoms with Crippen LogP contribution in [0.3, 0.4) is 0 Å². The molecule has 2 aromatic carbocycles. The number of rotatable bonds is 3. The number of amides is 2. The van der Waals surface area contributed by atoms with E-state index in [0.29, 0.717) is 23.1 Å². The number of methoxy groups -OCH3 is 1. The van der Waals surface area contributed by atoms with Gasteiger partial charge < -0.3 is 19.9 Å². The average Bonchev–Trinajstić information content (AvgIpc) is 2.65. The summed E-state index contributed by atoms with van der Waals surface area (Å²) in [5.41, 5.74) is 1.77. The van der Waals surface area contributed by atoms with Gasteiger partial charge in [-0.2, -0.15) is 0 Å². The fourth-order valence-electron chi connectivity index (χ4n) is 2.73. The van der Waals surface area contributed by atoms with E-state index in [0.717, 1.165) is 30.2 Å². The van der Waals surface area contributed by atoms with Gasteiger partial charge >= 0.3 is 6.03 Å². The van der Waals surface area contributed by atoms with E-state index in [2.05, 4.69) is 10.2 Å². The second-order valence-electron chi connectivity index (χ2n) is 5.73. The third kappa shape index (κ3) is 4.30. The maximum atomic E-state index is 12.4. The minimum absolute atomic E-state index is 0.0982. The van der Waals surface area contributed by atoms with Crippen LogP contribution in [-0.4, -0.2) is 44.2 Å². The predicted octanol–water partition coefficient (Wildman–Crippen LogP) is 4.36. The fraction of sp³-hybridized carbons (Fsp3) is 0.278. The van der Waals surface area contributed by atoms with Crippen LogP contribution in [-0.2, 0) is 0 Å². The zero-order valence-corrected chi connectivity index (χ0v) is 15.3. The third-order valence-corrected chi connectivity index (χ3v) is 4.92. The molecule has 2 aromatic rings. The van der Waals surface area contributed by atoms with Crippen LogP contribution in [0.2, 0.25) is 10.0 Å². The Hall–Kier alpha value is -2.11. The molecule has 1 fully saturated rings. The van der Waals surface area contributed by atoms with Gasteiger partial charge in [-0.3, -0.25) is 0 Å². The smallest absolute Gasteiger partial charge is 0.321 e. The SMILES string of the molecule is COc1ccc(NC(=O)N2CCN(c3ccc(Cl)c(Cl)c3)CC2)cc1. The number of carbonyl (C=O) groups excluding carboxylic acids is 1. The minimum atomic E-state index is -0.0982. The van der Waals surface area contributed by atoms with Crippen molar-refractivity contribution in [3.05, 3.63) is 52.5 Å². The van der Waals surface area contributed by atoms with Crippen molar-refractivity contribution >= 4 is 40.6 Å². The molecule has 7 heteroatoms. The van der Waals surface area contributed by atoms with Crippen LogP contribution in [0, 0.1) is 0 Å². The number of hydrogen-bond acceptors (Lipinski definition) is 3. The van der Waals surface area contributed by atoms with Gasteiger partial charge in [0, 0.05) is 37.6 Å². The number of nitrogens with one attached hydrogen (secondary N) is 1. The summed E-state index contributed by atoms with van der Waals surface area (Å²) in [5, 5.41) is 3.99. The molecular weight excluding hydrogens is 361 g/mol. The number of ether oxygens (including phenoxy) is 1. The summed E-state index contributed by atoms with van der Waals surface area (Å²) < 4.78 is 5.11. The molecule has 1 N–H and O–H groups in total. The van der Waals surface area contributed by atoms with Crippen molar-refractivity contribution < 1.29 is 9.53 Å². The van der Waals surface area contributed by atoms with Crippen LogP contribution < -0.4 is 15.0 Å². The van der Waals surface area contributed by atoms with E-state index in [4.69, 9.17) is 27.9 Å². The Balaban J connectivity index is 1.55. The van der Waals surface area contributed by atoms with Crippen LogP contribution in [0.5, 0.6) is 5.75 Å². The van der Waals surface area contributed by atoms with Gasteiger partial charge in [-0.25, -0.2) is 4.79 Å². The van der Waals surface area contributed by atoms with Crippen LogP contribution in [0.15, 0.2) is 42.5 Å². The molecule has 1 saturated heterocycles. The van der Waals surface area contributed by atoms with Crippen molar-refractivity contribution in [2.75, 3.05) is 43.5 Å². The Morgan fingerprint density at radius 2 is 1.68 bits per heavy atom. The van der Waals surface area contributed by atoms with Gasteiger partial charge in [0.1, 0.15) is 5.75 Å². The van der Waals surface area contributed by atoms with Crippen molar-refractivity contribution in [1.29, 1.82) is 0 Å². The van der Waals surface area contributed by atoms with Gasteiger partial charge in [0.15, 0.2) is 0 Å². The molecule has 132 valence electrons. The highest BCUT2D eigenvalue weighted by Crippen LogP contribution is 2.27. The van der Waals surface area contributed by atoms with Crippen molar-refractivity contribution in [3.63, 3.8) is 0 Å². The van der Waals surface area contributed by atoms with E-state index in [-0.39, 0.29) is 6.03 Å². The third-order valence-electron chi connectivity index (χ3n) is 4.18. The molecule has 1 aliphatic rings. The molecule has 0 saturated carbocycles. The van der Waals surface area contributed by atoms with Gasteiger partial charge in [0.25, 0.3) is 0 Å². The number of halogens is 2. The quantitative estimate of drug-likeness (QED) is 0.861. The number of piperazine rings is 1. The summed E-state index contributed by atoms with van der Waals surface area (Å²) >= 11 is 12.0. The number of anilines is 2. The fourth-order valence-corrected chi connectivity index (χ4v) is 3.02.